The topological polar surface area (TPSA) is 89.9 Å². The fourth-order valence-electron chi connectivity index (χ4n) is 2.43. The van der Waals surface area contributed by atoms with Crippen LogP contribution in [0.15, 0.2) is 12.4 Å². The summed E-state index contributed by atoms with van der Waals surface area (Å²) in [7, 11) is 0. The first-order valence-electron chi connectivity index (χ1n) is 7.69. The number of amides is 1. The van der Waals surface area contributed by atoms with Gasteiger partial charge < -0.3 is 10.1 Å². The SMILES string of the molecule is Cc1ncc2c(n1)NC(=O)CC2.Cc1ncc2c(n1)OCCC2. The number of aromatic nitrogens is 4. The summed E-state index contributed by atoms with van der Waals surface area (Å²) in [6.45, 7) is 4.47. The number of aryl methyl sites for hydroxylation is 4. The van der Waals surface area contributed by atoms with Crippen LogP contribution in [0.3, 0.4) is 0 Å². The maximum Gasteiger partial charge on any atom is 0.225 e. The number of carbonyl (C=O) groups excluding carboxylic acids is 1. The van der Waals surface area contributed by atoms with Crippen molar-refractivity contribution < 1.29 is 9.53 Å². The molecular formula is C16H19N5O2. The zero-order valence-electron chi connectivity index (χ0n) is 13.3. The molecule has 0 saturated heterocycles. The number of rotatable bonds is 0. The minimum atomic E-state index is 0.0422. The van der Waals surface area contributed by atoms with Crippen molar-refractivity contribution in [2.75, 3.05) is 11.9 Å². The molecule has 120 valence electrons. The Bertz CT molecular complexity index is 732. The summed E-state index contributed by atoms with van der Waals surface area (Å²) in [4.78, 5) is 27.4. The first-order valence-corrected chi connectivity index (χ1v) is 7.69. The molecule has 0 spiro atoms. The van der Waals surface area contributed by atoms with Gasteiger partial charge in [-0.25, -0.2) is 15.0 Å². The lowest BCUT2D eigenvalue weighted by atomic mass is 10.1. The van der Waals surface area contributed by atoms with Crippen LogP contribution >= 0.6 is 0 Å². The molecule has 2 aliphatic rings. The van der Waals surface area contributed by atoms with Crippen LogP contribution in [0.2, 0.25) is 0 Å². The number of fused-ring (bicyclic) bond motifs is 2. The maximum absolute atomic E-state index is 11.0. The van der Waals surface area contributed by atoms with Crippen LogP contribution in [-0.2, 0) is 17.6 Å². The molecule has 0 aliphatic carbocycles. The highest BCUT2D eigenvalue weighted by atomic mass is 16.5. The van der Waals surface area contributed by atoms with Crippen molar-refractivity contribution in [1.82, 2.24) is 19.9 Å². The van der Waals surface area contributed by atoms with E-state index in [2.05, 4.69) is 25.3 Å². The Morgan fingerprint density at radius 2 is 1.74 bits per heavy atom. The first kappa shape index (κ1) is 15.3. The van der Waals surface area contributed by atoms with Crippen LogP contribution in [0, 0.1) is 13.8 Å². The smallest absolute Gasteiger partial charge is 0.225 e. The van der Waals surface area contributed by atoms with E-state index in [0.717, 1.165) is 48.7 Å². The number of ether oxygens (including phenoxy) is 1. The Morgan fingerprint density at radius 1 is 1.00 bits per heavy atom. The van der Waals surface area contributed by atoms with E-state index in [4.69, 9.17) is 4.74 Å². The molecule has 0 saturated carbocycles. The fraction of sp³-hybridized carbons (Fsp3) is 0.438. The summed E-state index contributed by atoms with van der Waals surface area (Å²) in [6.07, 6.45) is 7.06. The molecular weight excluding hydrogens is 294 g/mol. The van der Waals surface area contributed by atoms with E-state index < -0.39 is 0 Å². The third-order valence-corrected chi connectivity index (χ3v) is 3.64. The molecule has 0 bridgehead atoms. The lowest BCUT2D eigenvalue weighted by molar-refractivity contribution is -0.116. The van der Waals surface area contributed by atoms with E-state index in [1.807, 2.05) is 13.1 Å². The molecule has 0 unspecified atom stereocenters. The lowest BCUT2D eigenvalue weighted by Crippen LogP contribution is -2.20. The largest absolute Gasteiger partial charge is 0.477 e. The van der Waals surface area contributed by atoms with Crippen molar-refractivity contribution in [2.24, 2.45) is 0 Å². The van der Waals surface area contributed by atoms with Gasteiger partial charge in [-0.3, -0.25) is 4.79 Å². The van der Waals surface area contributed by atoms with Gasteiger partial charge in [0.15, 0.2) is 0 Å². The monoisotopic (exact) mass is 313 g/mol. The summed E-state index contributed by atoms with van der Waals surface area (Å²) in [5, 5.41) is 2.71. The number of nitrogens with zero attached hydrogens (tertiary/aromatic N) is 4. The van der Waals surface area contributed by atoms with E-state index in [0.29, 0.717) is 18.1 Å². The second-order valence-electron chi connectivity index (χ2n) is 5.54. The van der Waals surface area contributed by atoms with Crippen molar-refractivity contribution in [2.45, 2.75) is 39.5 Å². The molecule has 0 aromatic carbocycles. The van der Waals surface area contributed by atoms with Gasteiger partial charge in [-0.15, -0.1) is 0 Å². The van der Waals surface area contributed by atoms with Crippen LogP contribution in [-0.4, -0.2) is 32.4 Å². The van der Waals surface area contributed by atoms with Crippen molar-refractivity contribution in [3.05, 3.63) is 35.2 Å². The third kappa shape index (κ3) is 3.80. The van der Waals surface area contributed by atoms with E-state index in [1.54, 1.807) is 13.1 Å². The van der Waals surface area contributed by atoms with Gasteiger partial charge in [0.2, 0.25) is 11.8 Å². The van der Waals surface area contributed by atoms with Gasteiger partial charge in [0.1, 0.15) is 17.5 Å². The van der Waals surface area contributed by atoms with Crippen molar-refractivity contribution in [1.29, 1.82) is 0 Å². The van der Waals surface area contributed by atoms with Crippen molar-refractivity contribution in [3.63, 3.8) is 0 Å². The average molecular weight is 313 g/mol. The highest BCUT2D eigenvalue weighted by Gasteiger charge is 2.15. The van der Waals surface area contributed by atoms with Gasteiger partial charge in [-0.05, 0) is 33.1 Å². The Hall–Kier alpha value is -2.57. The van der Waals surface area contributed by atoms with Gasteiger partial charge in [-0.1, -0.05) is 0 Å². The minimum absolute atomic E-state index is 0.0422. The van der Waals surface area contributed by atoms with Crippen LogP contribution in [0.1, 0.15) is 35.6 Å². The molecule has 23 heavy (non-hydrogen) atoms. The second-order valence-corrected chi connectivity index (χ2v) is 5.54. The zero-order valence-corrected chi connectivity index (χ0v) is 13.3. The van der Waals surface area contributed by atoms with E-state index >= 15 is 0 Å². The highest BCUT2D eigenvalue weighted by Crippen LogP contribution is 2.20. The number of nitrogens with one attached hydrogen (secondary N) is 1. The average Bonchev–Trinajstić information content (AvgIpc) is 2.55. The van der Waals surface area contributed by atoms with Gasteiger partial charge in [0, 0.05) is 29.9 Å². The van der Waals surface area contributed by atoms with E-state index in [1.165, 1.54) is 0 Å². The molecule has 0 radical (unpaired) electrons. The van der Waals surface area contributed by atoms with Crippen molar-refractivity contribution >= 4 is 11.7 Å². The summed E-state index contributed by atoms with van der Waals surface area (Å²) in [5.41, 5.74) is 2.17. The maximum atomic E-state index is 11.0. The van der Waals surface area contributed by atoms with Crippen LogP contribution in [0.5, 0.6) is 5.88 Å². The molecule has 1 N–H and O–H groups in total. The summed E-state index contributed by atoms with van der Waals surface area (Å²) >= 11 is 0. The standard InChI is InChI=1S/C8H9N3O.C8H10N2O/c1-5-9-4-6-2-3-7(12)11-8(6)10-5;1-6-9-5-7-3-2-4-11-8(7)10-6/h4H,2-3H2,1H3,(H,9,10,11,12);5H,2-4H2,1H3. The molecule has 2 aromatic heterocycles. The van der Waals surface area contributed by atoms with Gasteiger partial charge in [0.05, 0.1) is 6.61 Å². The molecule has 1 amide bonds. The summed E-state index contributed by atoms with van der Waals surface area (Å²) in [6, 6.07) is 0. The highest BCUT2D eigenvalue weighted by molar-refractivity contribution is 5.92. The van der Waals surface area contributed by atoms with E-state index in [-0.39, 0.29) is 5.91 Å². The van der Waals surface area contributed by atoms with Crippen LogP contribution in [0.25, 0.3) is 0 Å². The van der Waals surface area contributed by atoms with Crippen LogP contribution < -0.4 is 10.1 Å². The predicted octanol–water partition coefficient (Wildman–Crippen LogP) is 1.78. The number of hydrogen-bond acceptors (Lipinski definition) is 6. The van der Waals surface area contributed by atoms with Crippen LogP contribution in [0.4, 0.5) is 5.82 Å². The second kappa shape index (κ2) is 6.68. The molecule has 7 heteroatoms. The molecule has 2 aromatic rings. The number of carbonyl (C=O) groups is 1. The molecule has 4 rings (SSSR count). The zero-order chi connectivity index (χ0) is 16.2. The fourth-order valence-corrected chi connectivity index (χ4v) is 2.43. The minimum Gasteiger partial charge on any atom is -0.477 e. The molecule has 4 heterocycles. The Morgan fingerprint density at radius 3 is 2.57 bits per heavy atom. The van der Waals surface area contributed by atoms with Gasteiger partial charge >= 0.3 is 0 Å². The van der Waals surface area contributed by atoms with E-state index in [9.17, 15) is 4.79 Å². The number of hydrogen-bond donors (Lipinski definition) is 1. The Kier molecular flexibility index (Phi) is 4.45. The van der Waals surface area contributed by atoms with Gasteiger partial charge in [0.25, 0.3) is 0 Å². The normalized spacial score (nSPS) is 15.3. The molecule has 2 aliphatic heterocycles. The molecule has 0 fully saturated rings. The molecule has 7 nitrogen and oxygen atoms in total. The van der Waals surface area contributed by atoms with Gasteiger partial charge in [-0.2, -0.15) is 4.98 Å². The number of anilines is 1. The van der Waals surface area contributed by atoms with Crippen molar-refractivity contribution in [3.8, 4) is 5.88 Å². The summed E-state index contributed by atoms with van der Waals surface area (Å²) in [5.74, 6) is 2.98. The Labute approximate surface area is 134 Å². The first-order chi connectivity index (χ1) is 11.1. The molecule has 0 atom stereocenters. The quantitative estimate of drug-likeness (QED) is 0.797. The summed E-state index contributed by atoms with van der Waals surface area (Å²) < 4.78 is 5.35. The predicted molar refractivity (Wildman–Crippen MR) is 84.3 cm³/mol. The Balaban J connectivity index is 0.000000136. The lowest BCUT2D eigenvalue weighted by Gasteiger charge is -2.14. The third-order valence-electron chi connectivity index (χ3n) is 3.64.